The third-order valence-corrected chi connectivity index (χ3v) is 10.4. The van der Waals surface area contributed by atoms with E-state index in [1.54, 1.807) is 0 Å². The fraction of sp³-hybridized carbons (Fsp3) is 0.545. The van der Waals surface area contributed by atoms with Crippen LogP contribution in [0.15, 0.2) is 122 Å². The number of nitrogens with one attached hydrogen (secondary N) is 4. The average Bonchev–Trinajstić information content (AvgIpc) is 3.81. The molecule has 0 spiro atoms. The quantitative estimate of drug-likeness (QED) is 0.0380. The highest BCUT2D eigenvalue weighted by molar-refractivity contribution is 5.21. The first-order valence-electron chi connectivity index (χ1n) is 18.9. The van der Waals surface area contributed by atoms with Crippen LogP contribution in [0, 0.1) is 17.3 Å². The summed E-state index contributed by atoms with van der Waals surface area (Å²) in [5.41, 5.74) is 8.17. The van der Waals surface area contributed by atoms with Crippen LogP contribution in [0.5, 0.6) is 0 Å². The lowest BCUT2D eigenvalue weighted by Gasteiger charge is -2.25. The van der Waals surface area contributed by atoms with E-state index < -0.39 is 0 Å². The third-order valence-electron chi connectivity index (χ3n) is 10.4. The first kappa shape index (κ1) is 41.6. The van der Waals surface area contributed by atoms with Crippen LogP contribution in [-0.2, 0) is 0 Å². The van der Waals surface area contributed by atoms with Crippen molar-refractivity contribution in [3.63, 3.8) is 0 Å². The molecule has 272 valence electrons. The normalized spacial score (nSPS) is 17.7. The molecule has 49 heavy (non-hydrogen) atoms. The maximum Gasteiger partial charge on any atom is 0.0539 e. The molecule has 0 aromatic heterocycles. The maximum absolute atomic E-state index is 4.45. The summed E-state index contributed by atoms with van der Waals surface area (Å²) in [6.07, 6.45) is 25.7. The molecule has 0 bridgehead atoms. The Kier molecular flexibility index (Phi) is 18.8. The predicted molar refractivity (Wildman–Crippen MR) is 217 cm³/mol. The molecule has 5 nitrogen and oxygen atoms in total. The molecule has 2 atom stereocenters. The minimum absolute atomic E-state index is 0.190. The van der Waals surface area contributed by atoms with Crippen LogP contribution in [0.1, 0.15) is 105 Å². The number of likely N-dealkylation sites (tertiary alicyclic amines) is 1. The summed E-state index contributed by atoms with van der Waals surface area (Å²) >= 11 is 0. The average molecular weight is 670 g/mol. The summed E-state index contributed by atoms with van der Waals surface area (Å²) < 4.78 is 0. The van der Waals surface area contributed by atoms with E-state index in [-0.39, 0.29) is 6.04 Å². The Bertz CT molecular complexity index is 1220. The molecule has 0 aromatic rings. The summed E-state index contributed by atoms with van der Waals surface area (Å²) in [4.78, 5) is 2.39. The maximum atomic E-state index is 4.45. The number of hydrogen-bond acceptors (Lipinski definition) is 5. The van der Waals surface area contributed by atoms with Crippen molar-refractivity contribution in [2.75, 3.05) is 26.2 Å². The van der Waals surface area contributed by atoms with E-state index in [2.05, 4.69) is 111 Å². The Morgan fingerprint density at radius 3 is 2.18 bits per heavy atom. The Hall–Kier alpha value is -3.60. The summed E-state index contributed by atoms with van der Waals surface area (Å²) in [7, 11) is 0. The number of unbranched alkanes of at least 4 members (excludes halogenated alkanes) is 2. The molecule has 1 heterocycles. The molecule has 0 aromatic carbocycles. The van der Waals surface area contributed by atoms with Crippen LogP contribution in [-0.4, -0.2) is 37.1 Å². The lowest BCUT2D eigenvalue weighted by Crippen LogP contribution is -2.35. The topological polar surface area (TPSA) is 51.4 Å². The van der Waals surface area contributed by atoms with Crippen LogP contribution < -0.4 is 21.3 Å². The van der Waals surface area contributed by atoms with Gasteiger partial charge in [0.15, 0.2) is 0 Å². The second-order valence-electron chi connectivity index (χ2n) is 14.4. The van der Waals surface area contributed by atoms with Crippen molar-refractivity contribution in [1.29, 1.82) is 0 Å². The van der Waals surface area contributed by atoms with E-state index in [1.165, 1.54) is 42.7 Å². The van der Waals surface area contributed by atoms with Gasteiger partial charge >= 0.3 is 0 Å². The van der Waals surface area contributed by atoms with Crippen LogP contribution in [0.3, 0.4) is 0 Å². The van der Waals surface area contributed by atoms with Crippen molar-refractivity contribution in [2.45, 2.75) is 111 Å². The fourth-order valence-corrected chi connectivity index (χ4v) is 6.87. The highest BCUT2D eigenvalue weighted by Gasteiger charge is 2.42. The Morgan fingerprint density at radius 2 is 1.53 bits per heavy atom. The third kappa shape index (κ3) is 15.2. The summed E-state index contributed by atoms with van der Waals surface area (Å²) in [5.74, 6) is 1.28. The second kappa shape index (κ2) is 22.2. The van der Waals surface area contributed by atoms with E-state index >= 15 is 0 Å². The monoisotopic (exact) mass is 670 g/mol. The van der Waals surface area contributed by atoms with Gasteiger partial charge in [-0.3, -0.25) is 0 Å². The number of nitrogens with zero attached hydrogens (tertiary/aromatic N) is 1. The van der Waals surface area contributed by atoms with Crippen LogP contribution in [0.2, 0.25) is 0 Å². The minimum Gasteiger partial charge on any atom is -0.389 e. The largest absolute Gasteiger partial charge is 0.389 e. The fourth-order valence-electron chi connectivity index (χ4n) is 6.87. The van der Waals surface area contributed by atoms with Crippen molar-refractivity contribution < 1.29 is 0 Å². The molecule has 5 heteroatoms. The van der Waals surface area contributed by atoms with Gasteiger partial charge < -0.3 is 26.2 Å². The molecule has 4 N–H and O–H groups in total. The lowest BCUT2D eigenvalue weighted by atomic mass is 9.85. The van der Waals surface area contributed by atoms with Crippen LogP contribution in [0.4, 0.5) is 0 Å². The van der Waals surface area contributed by atoms with Gasteiger partial charge in [0.2, 0.25) is 0 Å². The molecule has 1 saturated heterocycles. The summed E-state index contributed by atoms with van der Waals surface area (Å²) in [5, 5.41) is 14.1. The van der Waals surface area contributed by atoms with E-state index in [0.717, 1.165) is 87.2 Å². The first-order valence-corrected chi connectivity index (χ1v) is 18.9. The zero-order valence-corrected chi connectivity index (χ0v) is 31.9. The van der Waals surface area contributed by atoms with Gasteiger partial charge in [0.1, 0.15) is 0 Å². The zero-order valence-electron chi connectivity index (χ0n) is 31.9. The Morgan fingerprint density at radius 1 is 0.857 bits per heavy atom. The molecule has 1 aliphatic heterocycles. The lowest BCUT2D eigenvalue weighted by molar-refractivity contribution is 0.344. The molecule has 2 rings (SSSR count). The Labute approximate surface area is 301 Å². The van der Waals surface area contributed by atoms with Gasteiger partial charge in [-0.15, -0.1) is 0 Å². The first-order chi connectivity index (χ1) is 23.5. The van der Waals surface area contributed by atoms with E-state index in [4.69, 9.17) is 0 Å². The molecule has 2 fully saturated rings. The van der Waals surface area contributed by atoms with Gasteiger partial charge in [0.05, 0.1) is 13.1 Å². The highest BCUT2D eigenvalue weighted by atomic mass is 15.2. The zero-order chi connectivity index (χ0) is 36.2. The van der Waals surface area contributed by atoms with Crippen molar-refractivity contribution in [1.82, 2.24) is 26.2 Å². The van der Waals surface area contributed by atoms with Gasteiger partial charge in [-0.25, -0.2) is 0 Å². The van der Waals surface area contributed by atoms with Crippen LogP contribution >= 0.6 is 0 Å². The Balaban J connectivity index is 1.68. The molecule has 0 radical (unpaired) electrons. The van der Waals surface area contributed by atoms with Gasteiger partial charge in [-0.05, 0) is 76.5 Å². The van der Waals surface area contributed by atoms with Gasteiger partial charge in [-0.2, -0.15) is 0 Å². The van der Waals surface area contributed by atoms with E-state index in [1.807, 2.05) is 25.2 Å². The number of rotatable bonds is 28. The molecular formula is C44H71N5. The van der Waals surface area contributed by atoms with Gasteiger partial charge in [0, 0.05) is 65.7 Å². The molecule has 1 aliphatic carbocycles. The van der Waals surface area contributed by atoms with Crippen LogP contribution in [0.25, 0.3) is 0 Å². The van der Waals surface area contributed by atoms with Gasteiger partial charge in [0.25, 0.3) is 0 Å². The molecule has 1 saturated carbocycles. The van der Waals surface area contributed by atoms with Crippen molar-refractivity contribution in [3.8, 4) is 0 Å². The molecule has 2 aliphatic rings. The predicted octanol–water partition coefficient (Wildman–Crippen LogP) is 10.3. The van der Waals surface area contributed by atoms with E-state index in [9.17, 15) is 0 Å². The highest BCUT2D eigenvalue weighted by Crippen LogP contribution is 2.53. The number of hydrogen-bond donors (Lipinski definition) is 4. The SMILES string of the molecule is C=C(CCCCCN1C(=C)CC(C(CC)CC)C1=C)NCC(=C)NCC(=C)NC(C/C=C/C=C\C=C/C)CC(=C)NCCC1(C(=C)C)CC1. The minimum atomic E-state index is 0.190. The van der Waals surface area contributed by atoms with E-state index in [0.29, 0.717) is 30.3 Å². The standard InChI is InChI=1S/C44H71N5/c1-12-15-16-17-18-21-24-42(30-36(7)45-28-27-44(25-26-44)34(4)5)48-38(9)33-47-37(8)32-46-35(6)23-20-19-22-29-49-39(10)31-43(40(49)11)41(13-2)14-3/h12,15-18,21,41-43,45-48H,4,6-11,13-14,19-20,22-33H2,1-3,5H3/b15-12-,17-16-,21-18+. The molecular weight excluding hydrogens is 599 g/mol. The summed E-state index contributed by atoms with van der Waals surface area (Å²) in [6, 6.07) is 0.190. The van der Waals surface area contributed by atoms with Crippen molar-refractivity contribution in [2.24, 2.45) is 17.3 Å². The molecule has 2 unspecified atom stereocenters. The second-order valence-corrected chi connectivity index (χ2v) is 14.4. The van der Waals surface area contributed by atoms with Crippen molar-refractivity contribution >= 4 is 0 Å². The summed E-state index contributed by atoms with van der Waals surface area (Å²) in [6.45, 7) is 42.1. The molecule has 0 amide bonds. The number of allylic oxidation sites excluding steroid dienone is 9. The smallest absolute Gasteiger partial charge is 0.0539 e. The van der Waals surface area contributed by atoms with Gasteiger partial charge in [-0.1, -0.05) is 121 Å². The van der Waals surface area contributed by atoms with Crippen molar-refractivity contribution in [3.05, 3.63) is 122 Å².